The Bertz CT molecular complexity index is 379. The zero-order chi connectivity index (χ0) is 11.5. The Kier molecular flexibility index (Phi) is 3.32. The largest absolute Gasteiger partial charge is 0.416 e. The van der Waals surface area contributed by atoms with Crippen molar-refractivity contribution in [1.82, 2.24) is 0 Å². The Balaban J connectivity index is 3.13. The third-order valence-electron chi connectivity index (χ3n) is 1.98. The number of nitrogens with two attached hydrogens (primary N) is 1. The lowest BCUT2D eigenvalue weighted by Gasteiger charge is -2.15. The number of nitrogens with zero attached hydrogens (tertiary/aromatic N) is 1. The number of halogens is 3. The number of rotatable bonds is 2. The van der Waals surface area contributed by atoms with Gasteiger partial charge in [0.2, 0.25) is 0 Å². The van der Waals surface area contributed by atoms with Crippen molar-refractivity contribution in [2.24, 2.45) is 5.73 Å². The maximum absolute atomic E-state index is 12.5. The summed E-state index contributed by atoms with van der Waals surface area (Å²) in [4.78, 5) is 0. The minimum Gasteiger partial charge on any atom is -0.323 e. The lowest BCUT2D eigenvalue weighted by Crippen LogP contribution is -2.16. The highest BCUT2D eigenvalue weighted by molar-refractivity contribution is 5.32. The van der Waals surface area contributed by atoms with Crippen LogP contribution in [0.3, 0.4) is 0 Å². The molecule has 5 heteroatoms. The third-order valence-corrected chi connectivity index (χ3v) is 1.98. The van der Waals surface area contributed by atoms with Crippen molar-refractivity contribution < 1.29 is 13.2 Å². The van der Waals surface area contributed by atoms with E-state index in [9.17, 15) is 13.2 Å². The molecule has 0 heterocycles. The van der Waals surface area contributed by atoms with E-state index >= 15 is 0 Å². The Hall–Kier alpha value is -1.54. The van der Waals surface area contributed by atoms with Gasteiger partial charge in [-0.25, -0.2) is 0 Å². The third kappa shape index (κ3) is 2.70. The average molecular weight is 214 g/mol. The van der Waals surface area contributed by atoms with Crippen molar-refractivity contribution in [3.63, 3.8) is 0 Å². The summed E-state index contributed by atoms with van der Waals surface area (Å²) in [6, 6.07) is 5.89. The van der Waals surface area contributed by atoms with Crippen LogP contribution in [0.1, 0.15) is 23.6 Å². The van der Waals surface area contributed by atoms with Gasteiger partial charge in [-0.3, -0.25) is 0 Å². The van der Waals surface area contributed by atoms with E-state index in [1.807, 2.05) is 0 Å². The van der Waals surface area contributed by atoms with Crippen LogP contribution in [0.15, 0.2) is 24.3 Å². The molecule has 1 aromatic carbocycles. The summed E-state index contributed by atoms with van der Waals surface area (Å²) in [6.45, 7) is 0. The monoisotopic (exact) mass is 214 g/mol. The van der Waals surface area contributed by atoms with Gasteiger partial charge in [-0.2, -0.15) is 18.4 Å². The number of nitriles is 1. The van der Waals surface area contributed by atoms with Crippen LogP contribution in [0.25, 0.3) is 0 Å². The summed E-state index contributed by atoms with van der Waals surface area (Å²) < 4.78 is 37.5. The summed E-state index contributed by atoms with van der Waals surface area (Å²) in [7, 11) is 0. The molecule has 0 aliphatic carbocycles. The van der Waals surface area contributed by atoms with Crippen molar-refractivity contribution >= 4 is 0 Å². The fourth-order valence-corrected chi connectivity index (χ4v) is 1.29. The van der Waals surface area contributed by atoms with E-state index in [-0.39, 0.29) is 12.0 Å². The van der Waals surface area contributed by atoms with Crippen LogP contribution in [-0.4, -0.2) is 0 Å². The van der Waals surface area contributed by atoms with Gasteiger partial charge < -0.3 is 5.73 Å². The standard InChI is InChI=1S/C10H9F3N2/c11-10(12,13)8-4-2-1-3-7(8)9(15)5-6-14/h1-4,9H,5,15H2/t9-/m1/s1. The molecule has 0 spiro atoms. The SMILES string of the molecule is N#CC[C@@H](N)c1ccccc1C(F)(F)F. The topological polar surface area (TPSA) is 49.8 Å². The minimum absolute atomic E-state index is 0.0356. The lowest BCUT2D eigenvalue weighted by atomic mass is 9.99. The second-order valence-electron chi connectivity index (χ2n) is 3.05. The van der Waals surface area contributed by atoms with Crippen LogP contribution >= 0.6 is 0 Å². The van der Waals surface area contributed by atoms with Crippen molar-refractivity contribution in [2.45, 2.75) is 18.6 Å². The van der Waals surface area contributed by atoms with E-state index in [0.29, 0.717) is 0 Å². The molecule has 0 aliphatic heterocycles. The fourth-order valence-electron chi connectivity index (χ4n) is 1.29. The van der Waals surface area contributed by atoms with Crippen LogP contribution in [0.5, 0.6) is 0 Å². The van der Waals surface area contributed by atoms with Crippen molar-refractivity contribution in [2.75, 3.05) is 0 Å². The molecule has 15 heavy (non-hydrogen) atoms. The highest BCUT2D eigenvalue weighted by atomic mass is 19.4. The van der Waals surface area contributed by atoms with Gasteiger partial charge in [-0.1, -0.05) is 18.2 Å². The van der Waals surface area contributed by atoms with E-state index in [2.05, 4.69) is 0 Å². The molecule has 0 bridgehead atoms. The van der Waals surface area contributed by atoms with Gasteiger partial charge in [0.25, 0.3) is 0 Å². The van der Waals surface area contributed by atoms with Crippen LogP contribution in [0, 0.1) is 11.3 Å². The first-order valence-corrected chi connectivity index (χ1v) is 4.25. The quantitative estimate of drug-likeness (QED) is 0.822. The molecule has 2 N–H and O–H groups in total. The van der Waals surface area contributed by atoms with Gasteiger partial charge >= 0.3 is 6.18 Å². The van der Waals surface area contributed by atoms with Gasteiger partial charge in [0, 0.05) is 6.04 Å². The summed E-state index contributed by atoms with van der Waals surface area (Å²) in [5, 5.41) is 8.38. The Morgan fingerprint density at radius 3 is 2.47 bits per heavy atom. The summed E-state index contributed by atoms with van der Waals surface area (Å²) in [6.07, 6.45) is -4.56. The molecule has 1 aromatic rings. The predicted molar refractivity (Wildman–Crippen MR) is 48.6 cm³/mol. The highest BCUT2D eigenvalue weighted by Crippen LogP contribution is 2.34. The molecule has 0 saturated heterocycles. The number of alkyl halides is 3. The molecular weight excluding hydrogens is 205 g/mol. The van der Waals surface area contributed by atoms with Crippen molar-refractivity contribution in [3.05, 3.63) is 35.4 Å². The number of hydrogen-bond acceptors (Lipinski definition) is 2. The molecule has 2 nitrogen and oxygen atoms in total. The molecular formula is C10H9F3N2. The van der Waals surface area contributed by atoms with Gasteiger partial charge in [-0.15, -0.1) is 0 Å². The van der Waals surface area contributed by atoms with E-state index in [1.54, 1.807) is 6.07 Å². The first-order chi connectivity index (χ1) is 6.96. The second kappa shape index (κ2) is 4.32. The van der Waals surface area contributed by atoms with Crippen LogP contribution < -0.4 is 5.73 Å². The molecule has 1 atom stereocenters. The highest BCUT2D eigenvalue weighted by Gasteiger charge is 2.34. The molecule has 1 rings (SSSR count). The summed E-state index contributed by atoms with van der Waals surface area (Å²) >= 11 is 0. The summed E-state index contributed by atoms with van der Waals surface area (Å²) in [5.41, 5.74) is 4.67. The van der Waals surface area contributed by atoms with Crippen LogP contribution in [-0.2, 0) is 6.18 Å². The smallest absolute Gasteiger partial charge is 0.323 e. The summed E-state index contributed by atoms with van der Waals surface area (Å²) in [5.74, 6) is 0. The zero-order valence-electron chi connectivity index (χ0n) is 7.75. The van der Waals surface area contributed by atoms with Gasteiger partial charge in [0.15, 0.2) is 0 Å². The van der Waals surface area contributed by atoms with E-state index in [1.165, 1.54) is 18.2 Å². The van der Waals surface area contributed by atoms with E-state index in [0.717, 1.165) is 6.07 Å². The Labute approximate surface area is 85.1 Å². The molecule has 0 fully saturated rings. The average Bonchev–Trinajstić information content (AvgIpc) is 2.17. The fraction of sp³-hybridized carbons (Fsp3) is 0.300. The normalized spacial score (nSPS) is 13.3. The van der Waals surface area contributed by atoms with Crippen LogP contribution in [0.2, 0.25) is 0 Å². The van der Waals surface area contributed by atoms with E-state index in [4.69, 9.17) is 11.0 Å². The minimum atomic E-state index is -4.43. The van der Waals surface area contributed by atoms with E-state index < -0.39 is 17.8 Å². The van der Waals surface area contributed by atoms with Crippen molar-refractivity contribution in [1.29, 1.82) is 5.26 Å². The molecule has 0 amide bonds. The van der Waals surface area contributed by atoms with Gasteiger partial charge in [0.05, 0.1) is 18.1 Å². The number of benzene rings is 1. The van der Waals surface area contributed by atoms with Crippen molar-refractivity contribution in [3.8, 4) is 6.07 Å². The maximum atomic E-state index is 12.5. The molecule has 0 aliphatic rings. The van der Waals surface area contributed by atoms with Gasteiger partial charge in [0.1, 0.15) is 0 Å². The first kappa shape index (κ1) is 11.5. The lowest BCUT2D eigenvalue weighted by molar-refractivity contribution is -0.138. The van der Waals surface area contributed by atoms with Crippen LogP contribution in [0.4, 0.5) is 13.2 Å². The predicted octanol–water partition coefficient (Wildman–Crippen LogP) is 2.62. The zero-order valence-corrected chi connectivity index (χ0v) is 7.75. The molecule has 0 aromatic heterocycles. The molecule has 80 valence electrons. The molecule has 0 unspecified atom stereocenters. The molecule has 0 saturated carbocycles. The Morgan fingerprint density at radius 1 is 1.33 bits per heavy atom. The molecule has 0 radical (unpaired) electrons. The second-order valence-corrected chi connectivity index (χ2v) is 3.05. The Morgan fingerprint density at radius 2 is 1.93 bits per heavy atom. The first-order valence-electron chi connectivity index (χ1n) is 4.25. The maximum Gasteiger partial charge on any atom is 0.416 e. The van der Waals surface area contributed by atoms with Gasteiger partial charge in [-0.05, 0) is 11.6 Å². The number of hydrogen-bond donors (Lipinski definition) is 1.